The van der Waals surface area contributed by atoms with Crippen LogP contribution in [0.1, 0.15) is 68.3 Å². The summed E-state index contributed by atoms with van der Waals surface area (Å²) in [5.41, 5.74) is 5.22. The molecule has 0 saturated heterocycles. The lowest BCUT2D eigenvalue weighted by Crippen LogP contribution is -2.39. The van der Waals surface area contributed by atoms with E-state index in [0.717, 1.165) is 30.6 Å². The Hall–Kier alpha value is -2.29. The summed E-state index contributed by atoms with van der Waals surface area (Å²) in [4.78, 5) is 12.7. The summed E-state index contributed by atoms with van der Waals surface area (Å²) in [5, 5.41) is 3.10. The van der Waals surface area contributed by atoms with E-state index in [2.05, 4.69) is 48.6 Å². The van der Waals surface area contributed by atoms with E-state index in [1.807, 2.05) is 19.9 Å². The van der Waals surface area contributed by atoms with E-state index < -0.39 is 6.10 Å². The molecule has 0 saturated carbocycles. The van der Waals surface area contributed by atoms with E-state index >= 15 is 0 Å². The van der Waals surface area contributed by atoms with Crippen LogP contribution in [0.4, 0.5) is 0 Å². The summed E-state index contributed by atoms with van der Waals surface area (Å²) < 4.78 is 6.05. The third kappa shape index (κ3) is 4.91. The molecule has 1 amide bonds. The van der Waals surface area contributed by atoms with Crippen molar-refractivity contribution in [1.29, 1.82) is 0 Å². The van der Waals surface area contributed by atoms with Gasteiger partial charge in [0.2, 0.25) is 0 Å². The SMILES string of the molecule is CCc1ccc([C@H](C)NC(=O)[C@@H](CC)Oc2ccc3c(c2)CCCC3)cc1. The number of nitrogens with one attached hydrogen (secondary N) is 1. The second-order valence-corrected chi connectivity index (χ2v) is 7.48. The minimum absolute atomic E-state index is 0.0374. The average molecular weight is 366 g/mol. The van der Waals surface area contributed by atoms with Crippen LogP contribution in [0.2, 0.25) is 0 Å². The van der Waals surface area contributed by atoms with Crippen molar-refractivity contribution < 1.29 is 9.53 Å². The first-order valence-electron chi connectivity index (χ1n) is 10.3. The molecule has 2 aromatic carbocycles. The van der Waals surface area contributed by atoms with Gasteiger partial charge >= 0.3 is 0 Å². The van der Waals surface area contributed by atoms with Crippen LogP contribution in [-0.2, 0) is 24.1 Å². The Bertz CT molecular complexity index is 766. The van der Waals surface area contributed by atoms with E-state index in [0.29, 0.717) is 6.42 Å². The first-order valence-corrected chi connectivity index (χ1v) is 10.3. The van der Waals surface area contributed by atoms with Crippen molar-refractivity contribution in [2.24, 2.45) is 0 Å². The second-order valence-electron chi connectivity index (χ2n) is 7.48. The van der Waals surface area contributed by atoms with E-state index in [-0.39, 0.29) is 11.9 Å². The summed E-state index contributed by atoms with van der Waals surface area (Å²) in [7, 11) is 0. The smallest absolute Gasteiger partial charge is 0.261 e. The van der Waals surface area contributed by atoms with Gasteiger partial charge in [0.1, 0.15) is 5.75 Å². The van der Waals surface area contributed by atoms with Crippen molar-refractivity contribution in [3.05, 3.63) is 64.7 Å². The van der Waals surface area contributed by atoms with Gasteiger partial charge in [0.25, 0.3) is 5.91 Å². The molecule has 144 valence electrons. The Kier molecular flexibility index (Phi) is 6.54. The monoisotopic (exact) mass is 365 g/mol. The maximum absolute atomic E-state index is 12.7. The van der Waals surface area contributed by atoms with E-state index in [1.54, 1.807) is 0 Å². The zero-order chi connectivity index (χ0) is 19.2. The maximum atomic E-state index is 12.7. The van der Waals surface area contributed by atoms with E-state index in [1.165, 1.54) is 29.5 Å². The third-order valence-corrected chi connectivity index (χ3v) is 5.51. The molecule has 3 heteroatoms. The molecule has 0 aromatic heterocycles. The molecule has 0 aliphatic heterocycles. The van der Waals surface area contributed by atoms with Crippen LogP contribution < -0.4 is 10.1 Å². The van der Waals surface area contributed by atoms with Crippen molar-refractivity contribution in [2.45, 2.75) is 71.4 Å². The summed E-state index contributed by atoms with van der Waals surface area (Å²) in [6.45, 7) is 6.15. The highest BCUT2D eigenvalue weighted by Gasteiger charge is 2.21. The van der Waals surface area contributed by atoms with Crippen molar-refractivity contribution in [1.82, 2.24) is 5.32 Å². The van der Waals surface area contributed by atoms with Crippen LogP contribution in [0.3, 0.4) is 0 Å². The Labute approximate surface area is 163 Å². The molecule has 27 heavy (non-hydrogen) atoms. The van der Waals surface area contributed by atoms with Gasteiger partial charge in [0.15, 0.2) is 6.10 Å². The van der Waals surface area contributed by atoms with Crippen molar-refractivity contribution >= 4 is 5.91 Å². The van der Waals surface area contributed by atoms with Crippen LogP contribution in [0.25, 0.3) is 0 Å². The molecule has 2 atom stereocenters. The van der Waals surface area contributed by atoms with Gasteiger partial charge < -0.3 is 10.1 Å². The highest BCUT2D eigenvalue weighted by molar-refractivity contribution is 5.81. The first-order chi connectivity index (χ1) is 13.1. The summed E-state index contributed by atoms with van der Waals surface area (Å²) in [5.74, 6) is 0.750. The zero-order valence-corrected chi connectivity index (χ0v) is 16.8. The number of carbonyl (C=O) groups is 1. The largest absolute Gasteiger partial charge is 0.481 e. The highest BCUT2D eigenvalue weighted by Crippen LogP contribution is 2.26. The molecular weight excluding hydrogens is 334 g/mol. The van der Waals surface area contributed by atoms with Gasteiger partial charge in [0, 0.05) is 0 Å². The normalized spacial score (nSPS) is 15.5. The fraction of sp³-hybridized carbons (Fsp3) is 0.458. The number of amides is 1. The summed E-state index contributed by atoms with van der Waals surface area (Å²) >= 11 is 0. The molecule has 0 spiro atoms. The predicted octanol–water partition coefficient (Wildman–Crippen LogP) is 5.16. The van der Waals surface area contributed by atoms with Crippen molar-refractivity contribution in [2.75, 3.05) is 0 Å². The fourth-order valence-electron chi connectivity index (χ4n) is 3.70. The van der Waals surface area contributed by atoms with Crippen molar-refractivity contribution in [3.63, 3.8) is 0 Å². The van der Waals surface area contributed by atoms with Gasteiger partial charge in [-0.2, -0.15) is 0 Å². The molecule has 3 nitrogen and oxygen atoms in total. The van der Waals surface area contributed by atoms with E-state index in [4.69, 9.17) is 4.74 Å². The van der Waals surface area contributed by atoms with E-state index in [9.17, 15) is 4.79 Å². The quantitative estimate of drug-likeness (QED) is 0.736. The number of hydrogen-bond donors (Lipinski definition) is 1. The summed E-state index contributed by atoms with van der Waals surface area (Å²) in [6, 6.07) is 14.7. The number of aryl methyl sites for hydroxylation is 3. The number of fused-ring (bicyclic) bond motifs is 1. The molecule has 1 N–H and O–H groups in total. The minimum Gasteiger partial charge on any atom is -0.481 e. The van der Waals surface area contributed by atoms with Crippen LogP contribution >= 0.6 is 0 Å². The van der Waals surface area contributed by atoms with Crippen molar-refractivity contribution in [3.8, 4) is 5.75 Å². The summed E-state index contributed by atoms with van der Waals surface area (Å²) in [6.07, 6.45) is 5.97. The third-order valence-electron chi connectivity index (χ3n) is 5.51. The molecule has 1 aliphatic rings. The average Bonchev–Trinajstić information content (AvgIpc) is 2.71. The van der Waals surface area contributed by atoms with Gasteiger partial charge in [-0.1, -0.05) is 44.2 Å². The lowest BCUT2D eigenvalue weighted by molar-refractivity contribution is -0.128. The van der Waals surface area contributed by atoms with Crippen LogP contribution in [0.15, 0.2) is 42.5 Å². The topological polar surface area (TPSA) is 38.3 Å². The van der Waals surface area contributed by atoms with Crippen LogP contribution in [-0.4, -0.2) is 12.0 Å². The number of benzene rings is 2. The lowest BCUT2D eigenvalue weighted by atomic mass is 9.92. The predicted molar refractivity (Wildman–Crippen MR) is 110 cm³/mol. The van der Waals surface area contributed by atoms with Gasteiger partial charge in [-0.25, -0.2) is 0 Å². The molecule has 0 fully saturated rings. The fourth-order valence-corrected chi connectivity index (χ4v) is 3.70. The van der Waals surface area contributed by atoms with Gasteiger partial charge in [-0.15, -0.1) is 0 Å². The Balaban J connectivity index is 1.63. The molecule has 2 aromatic rings. The number of carbonyl (C=O) groups excluding carboxylic acids is 1. The highest BCUT2D eigenvalue weighted by atomic mass is 16.5. The molecule has 0 bridgehead atoms. The molecule has 0 heterocycles. The van der Waals surface area contributed by atoms with Gasteiger partial charge in [0.05, 0.1) is 6.04 Å². The Morgan fingerprint density at radius 3 is 2.41 bits per heavy atom. The Morgan fingerprint density at radius 2 is 1.74 bits per heavy atom. The lowest BCUT2D eigenvalue weighted by Gasteiger charge is -2.22. The number of ether oxygens (including phenoxy) is 1. The molecule has 0 radical (unpaired) electrons. The maximum Gasteiger partial charge on any atom is 0.261 e. The molecule has 3 rings (SSSR count). The molecule has 1 aliphatic carbocycles. The van der Waals surface area contributed by atoms with Crippen LogP contribution in [0, 0.1) is 0 Å². The molecular formula is C24H31NO2. The molecule has 0 unspecified atom stereocenters. The first kappa shape index (κ1) is 19.5. The van der Waals surface area contributed by atoms with Gasteiger partial charge in [-0.3, -0.25) is 4.79 Å². The standard InChI is InChI=1S/C24H31NO2/c1-4-18-10-12-19(13-11-18)17(3)25-24(26)23(5-2)27-22-15-14-20-8-6-7-9-21(20)16-22/h10-17,23H,4-9H2,1-3H3,(H,25,26)/t17-,23+/m0/s1. The number of rotatable bonds is 7. The second kappa shape index (κ2) is 9.07. The minimum atomic E-state index is -0.469. The zero-order valence-electron chi connectivity index (χ0n) is 16.8. The van der Waals surface area contributed by atoms with Crippen LogP contribution in [0.5, 0.6) is 5.75 Å². The Morgan fingerprint density at radius 1 is 1.04 bits per heavy atom. The number of hydrogen-bond acceptors (Lipinski definition) is 2. The van der Waals surface area contributed by atoms with Gasteiger partial charge in [-0.05, 0) is 79.8 Å².